The largest absolute Gasteiger partial charge is 0.358 e. The van der Waals surface area contributed by atoms with Crippen LogP contribution in [0.2, 0.25) is 0 Å². The minimum Gasteiger partial charge on any atom is -0.358 e. The Morgan fingerprint density at radius 2 is 1.93 bits per heavy atom. The van der Waals surface area contributed by atoms with Gasteiger partial charge in [0.2, 0.25) is 0 Å². The molecule has 1 aromatic carbocycles. The third-order valence-electron chi connectivity index (χ3n) is 4.12. The molecule has 4 aromatic rings. The molecule has 0 spiro atoms. The van der Waals surface area contributed by atoms with Gasteiger partial charge < -0.3 is 9.38 Å². The average molecular weight is 390 g/mol. The first-order valence-corrected chi connectivity index (χ1v) is 9.84. The Morgan fingerprint density at radius 3 is 2.64 bits per heavy atom. The molecule has 1 unspecified atom stereocenters. The van der Waals surface area contributed by atoms with E-state index in [0.29, 0.717) is 27.5 Å². The van der Waals surface area contributed by atoms with Crippen LogP contribution >= 0.6 is 0 Å². The van der Waals surface area contributed by atoms with Gasteiger partial charge in [0.25, 0.3) is 0 Å². The van der Waals surface area contributed by atoms with Crippen LogP contribution in [0.4, 0.5) is 5.69 Å². The van der Waals surface area contributed by atoms with Crippen molar-refractivity contribution in [3.63, 3.8) is 0 Å². The number of imidazole rings is 1. The summed E-state index contributed by atoms with van der Waals surface area (Å²) in [6, 6.07) is 11.3. The van der Waals surface area contributed by atoms with E-state index in [9.17, 15) is 9.47 Å². The molecule has 0 amide bonds. The van der Waals surface area contributed by atoms with Gasteiger partial charge in [0.05, 0.1) is 21.7 Å². The molecule has 8 heteroatoms. The van der Waals surface area contributed by atoms with Gasteiger partial charge in [0, 0.05) is 24.0 Å². The number of H-pyrrole nitrogens is 1. The summed E-state index contributed by atoms with van der Waals surface area (Å²) in [5.74, 6) is 0. The third kappa shape index (κ3) is 3.34. The molecule has 0 aliphatic rings. The van der Waals surface area contributed by atoms with Crippen LogP contribution in [0.1, 0.15) is 30.7 Å². The van der Waals surface area contributed by atoms with Crippen molar-refractivity contribution in [2.24, 2.45) is 0 Å². The van der Waals surface area contributed by atoms with Gasteiger partial charge in [-0.2, -0.15) is 10.5 Å². The number of nitriles is 2. The summed E-state index contributed by atoms with van der Waals surface area (Å²) in [5, 5.41) is 19.0. The lowest BCUT2D eigenvalue weighted by atomic mass is 10.1. The Bertz CT molecular complexity index is 1270. The lowest BCUT2D eigenvalue weighted by molar-refractivity contribution is 0.686. The smallest absolute Gasteiger partial charge is 0.159 e. The van der Waals surface area contributed by atoms with Crippen molar-refractivity contribution in [1.29, 1.82) is 10.5 Å². The number of nitrogens with zero attached hydrogens (tertiary/aromatic N) is 4. The van der Waals surface area contributed by atoms with Crippen LogP contribution in [-0.4, -0.2) is 18.6 Å². The van der Waals surface area contributed by atoms with E-state index in [1.54, 1.807) is 35.1 Å². The maximum atomic E-state index is 12.8. The first-order valence-electron chi connectivity index (χ1n) is 8.69. The summed E-state index contributed by atoms with van der Waals surface area (Å²) in [6.07, 6.45) is 4.91. The molecule has 0 radical (unpaired) electrons. The van der Waals surface area contributed by atoms with Gasteiger partial charge in [-0.15, -0.1) is 0 Å². The summed E-state index contributed by atoms with van der Waals surface area (Å²) >= 11 is 0. The molecule has 0 saturated heterocycles. The van der Waals surface area contributed by atoms with Crippen LogP contribution in [0.5, 0.6) is 0 Å². The van der Waals surface area contributed by atoms with Crippen molar-refractivity contribution < 1.29 is 4.21 Å². The Balaban J connectivity index is 0.00000109. The van der Waals surface area contributed by atoms with E-state index in [2.05, 4.69) is 20.8 Å². The van der Waals surface area contributed by atoms with Crippen molar-refractivity contribution in [2.45, 2.75) is 25.7 Å². The molecule has 7 nitrogen and oxygen atoms in total. The Hall–Kier alpha value is -3.62. The molecule has 28 heavy (non-hydrogen) atoms. The molecular formula is C20H18N6OS. The van der Waals surface area contributed by atoms with Crippen LogP contribution in [0.3, 0.4) is 0 Å². The summed E-state index contributed by atoms with van der Waals surface area (Å²) in [5.41, 5.74) is 3.83. The number of pyridine rings is 1. The van der Waals surface area contributed by atoms with Gasteiger partial charge in [-0.05, 0) is 30.7 Å². The van der Waals surface area contributed by atoms with E-state index in [4.69, 9.17) is 5.26 Å². The zero-order valence-electron chi connectivity index (χ0n) is 15.6. The van der Waals surface area contributed by atoms with Gasteiger partial charge in [0.15, 0.2) is 16.7 Å². The van der Waals surface area contributed by atoms with Crippen molar-refractivity contribution in [1.82, 2.24) is 14.4 Å². The molecule has 140 valence electrons. The first-order chi connectivity index (χ1) is 13.6. The standard InChI is InChI=1S/C18H12N6OS.C2H6/c1-11-2-4-15(18-17(11)12(6-19)8-21-18)23-26(25)14-3-5-16-22-13(7-20)9-24(16)10-14;1-2/h2-5,8-10,21,23H,1H3;1-2H3. The normalized spacial score (nSPS) is 11.3. The number of benzene rings is 1. The second-order valence-electron chi connectivity index (χ2n) is 5.73. The highest BCUT2D eigenvalue weighted by molar-refractivity contribution is 7.86. The highest BCUT2D eigenvalue weighted by Gasteiger charge is 2.13. The van der Waals surface area contributed by atoms with Gasteiger partial charge in [-0.25, -0.2) is 9.19 Å². The number of nitrogens with one attached hydrogen (secondary N) is 2. The fraction of sp³-hybridized carbons (Fsp3) is 0.150. The number of anilines is 1. The fourth-order valence-corrected chi connectivity index (χ4v) is 3.78. The first kappa shape index (κ1) is 19.2. The van der Waals surface area contributed by atoms with Gasteiger partial charge in [0.1, 0.15) is 17.8 Å². The van der Waals surface area contributed by atoms with Crippen LogP contribution in [0, 0.1) is 29.6 Å². The third-order valence-corrected chi connectivity index (χ3v) is 5.19. The average Bonchev–Trinajstić information content (AvgIpc) is 3.35. The molecular weight excluding hydrogens is 372 g/mol. The Morgan fingerprint density at radius 1 is 1.14 bits per heavy atom. The van der Waals surface area contributed by atoms with Crippen molar-refractivity contribution >= 4 is 33.2 Å². The monoisotopic (exact) mass is 390 g/mol. The number of fused-ring (bicyclic) bond motifs is 2. The number of hydrogen-bond donors (Lipinski definition) is 2. The topological polar surface area (TPSA) is 110 Å². The molecule has 3 heterocycles. The highest BCUT2D eigenvalue weighted by Crippen LogP contribution is 2.29. The van der Waals surface area contributed by atoms with Gasteiger partial charge in [-0.3, -0.25) is 4.72 Å². The van der Waals surface area contributed by atoms with Crippen LogP contribution in [-0.2, 0) is 11.0 Å². The maximum absolute atomic E-state index is 12.8. The van der Waals surface area contributed by atoms with E-state index in [1.165, 1.54) is 0 Å². The quantitative estimate of drug-likeness (QED) is 0.550. The SMILES string of the molecule is CC.Cc1ccc(NS(=O)c2ccc3nc(C#N)cn3c2)c2[nH]cc(C#N)c12. The number of rotatable bonds is 3. The molecule has 4 rings (SSSR count). The number of aromatic amines is 1. The van der Waals surface area contributed by atoms with Crippen molar-refractivity contribution in [3.05, 3.63) is 59.7 Å². The van der Waals surface area contributed by atoms with E-state index in [0.717, 1.165) is 16.5 Å². The molecule has 0 saturated carbocycles. The second kappa shape index (κ2) is 7.95. The molecule has 0 fully saturated rings. The number of hydrogen-bond acceptors (Lipinski definition) is 4. The predicted molar refractivity (Wildman–Crippen MR) is 109 cm³/mol. The van der Waals surface area contributed by atoms with Crippen LogP contribution in [0.15, 0.2) is 47.8 Å². The highest BCUT2D eigenvalue weighted by atomic mass is 32.2. The fourth-order valence-electron chi connectivity index (χ4n) is 2.89. The lowest BCUT2D eigenvalue weighted by Gasteiger charge is -2.09. The predicted octanol–water partition coefficient (Wildman–Crippen LogP) is 4.03. The molecule has 0 aliphatic heterocycles. The summed E-state index contributed by atoms with van der Waals surface area (Å²) in [4.78, 5) is 7.74. The molecule has 0 aliphatic carbocycles. The van der Waals surface area contributed by atoms with Crippen molar-refractivity contribution in [2.75, 3.05) is 4.72 Å². The summed E-state index contributed by atoms with van der Waals surface area (Å²) < 4.78 is 17.4. The van der Waals surface area contributed by atoms with E-state index >= 15 is 0 Å². The Labute approximate surface area is 164 Å². The zero-order valence-corrected chi connectivity index (χ0v) is 16.5. The summed E-state index contributed by atoms with van der Waals surface area (Å²) in [7, 11) is -1.52. The van der Waals surface area contributed by atoms with Gasteiger partial charge >= 0.3 is 0 Å². The van der Waals surface area contributed by atoms with Gasteiger partial charge in [-0.1, -0.05) is 19.9 Å². The van der Waals surface area contributed by atoms with Crippen LogP contribution in [0.25, 0.3) is 16.6 Å². The van der Waals surface area contributed by atoms with E-state index < -0.39 is 11.0 Å². The van der Waals surface area contributed by atoms with E-state index in [1.807, 2.05) is 39.0 Å². The maximum Gasteiger partial charge on any atom is 0.159 e. The minimum atomic E-state index is -1.52. The second-order valence-corrected chi connectivity index (χ2v) is 6.95. The zero-order chi connectivity index (χ0) is 20.3. The summed E-state index contributed by atoms with van der Waals surface area (Å²) in [6.45, 7) is 5.93. The number of aryl methyl sites for hydroxylation is 1. The minimum absolute atomic E-state index is 0.302. The lowest BCUT2D eigenvalue weighted by Crippen LogP contribution is -2.06. The molecule has 0 bridgehead atoms. The Kier molecular flexibility index (Phi) is 5.44. The molecule has 1 atom stereocenters. The van der Waals surface area contributed by atoms with Crippen LogP contribution < -0.4 is 4.72 Å². The number of aromatic nitrogens is 3. The molecule has 2 N–H and O–H groups in total. The van der Waals surface area contributed by atoms with E-state index in [-0.39, 0.29) is 0 Å². The molecule has 3 aromatic heterocycles. The van der Waals surface area contributed by atoms with Crippen molar-refractivity contribution in [3.8, 4) is 12.1 Å².